The lowest BCUT2D eigenvalue weighted by atomic mass is 9.91. The molecule has 1 heterocycles. The Balaban J connectivity index is 2.42. The summed E-state index contributed by atoms with van der Waals surface area (Å²) in [7, 11) is 0. The first kappa shape index (κ1) is 15.8. The van der Waals surface area contributed by atoms with Crippen LogP contribution in [0.1, 0.15) is 33.1 Å². The minimum absolute atomic E-state index is 0.0127. The second-order valence-electron chi connectivity index (χ2n) is 5.04. The van der Waals surface area contributed by atoms with Crippen LogP contribution in [0.15, 0.2) is 0 Å². The van der Waals surface area contributed by atoms with Crippen molar-refractivity contribution >= 4 is 12.0 Å². The molecular weight excluding hydrogens is 246 g/mol. The Morgan fingerprint density at radius 3 is 2.74 bits per heavy atom. The number of urea groups is 1. The molecule has 2 amide bonds. The molecule has 0 aromatic heterocycles. The van der Waals surface area contributed by atoms with E-state index in [1.165, 1.54) is 4.90 Å². The second kappa shape index (κ2) is 7.99. The zero-order valence-electron chi connectivity index (χ0n) is 11.8. The molecule has 2 atom stereocenters. The fourth-order valence-electron chi connectivity index (χ4n) is 2.48. The third kappa shape index (κ3) is 4.70. The van der Waals surface area contributed by atoms with Crippen molar-refractivity contribution in [2.24, 2.45) is 5.92 Å². The van der Waals surface area contributed by atoms with Crippen LogP contribution in [-0.4, -0.2) is 54.2 Å². The number of carboxylic acids is 1. The average molecular weight is 271 g/mol. The number of carboxylic acid groups (broad SMARTS) is 1. The first-order chi connectivity index (χ1) is 9.07. The molecule has 6 heteroatoms. The number of aliphatic carboxylic acids is 1. The molecule has 1 fully saturated rings. The van der Waals surface area contributed by atoms with Gasteiger partial charge in [-0.1, -0.05) is 13.8 Å². The Bertz CT molecular complexity index is 310. The molecule has 0 spiro atoms. The number of amides is 2. The van der Waals surface area contributed by atoms with E-state index in [1.807, 2.05) is 13.8 Å². The van der Waals surface area contributed by atoms with Gasteiger partial charge in [-0.25, -0.2) is 9.59 Å². The quantitative estimate of drug-likeness (QED) is 0.626. The summed E-state index contributed by atoms with van der Waals surface area (Å²) < 4.78 is 0. The van der Waals surface area contributed by atoms with E-state index in [9.17, 15) is 14.7 Å². The molecule has 6 nitrogen and oxygen atoms in total. The lowest BCUT2D eigenvalue weighted by Crippen LogP contribution is -2.55. The Morgan fingerprint density at radius 2 is 2.11 bits per heavy atom. The van der Waals surface area contributed by atoms with Crippen LogP contribution >= 0.6 is 0 Å². The number of piperidine rings is 1. The minimum Gasteiger partial charge on any atom is -0.480 e. The third-order valence-corrected chi connectivity index (χ3v) is 3.50. The molecule has 0 bridgehead atoms. The normalized spacial score (nSPS) is 23.2. The highest BCUT2D eigenvalue weighted by molar-refractivity contribution is 5.83. The van der Waals surface area contributed by atoms with Crippen LogP contribution in [0.3, 0.4) is 0 Å². The predicted octanol–water partition coefficient (Wildman–Crippen LogP) is 0.881. The predicted molar refractivity (Wildman–Crippen MR) is 73.1 cm³/mol. The fraction of sp³-hybridized carbons (Fsp3) is 0.846. The summed E-state index contributed by atoms with van der Waals surface area (Å²) >= 11 is 0. The Hall–Kier alpha value is -1.30. The van der Waals surface area contributed by atoms with E-state index in [4.69, 9.17) is 0 Å². The number of likely N-dealkylation sites (tertiary alicyclic amines) is 1. The summed E-state index contributed by atoms with van der Waals surface area (Å²) in [6, 6.07) is -0.946. The first-order valence-corrected chi connectivity index (χ1v) is 7.06. The summed E-state index contributed by atoms with van der Waals surface area (Å²) in [5.41, 5.74) is 0. The van der Waals surface area contributed by atoms with Crippen molar-refractivity contribution in [3.05, 3.63) is 0 Å². The van der Waals surface area contributed by atoms with Gasteiger partial charge in [-0.05, 0) is 38.3 Å². The number of nitrogens with zero attached hydrogens (tertiary/aromatic N) is 1. The third-order valence-electron chi connectivity index (χ3n) is 3.50. The molecule has 110 valence electrons. The summed E-state index contributed by atoms with van der Waals surface area (Å²) in [6.07, 6.45) is 2.58. The molecule has 1 rings (SSSR count). The number of carbonyl (C=O) groups excluding carboxylic acids is 1. The molecule has 19 heavy (non-hydrogen) atoms. The maximum absolute atomic E-state index is 12.0. The summed E-state index contributed by atoms with van der Waals surface area (Å²) in [5.74, 6) is -0.895. The molecule has 1 aliphatic heterocycles. The molecule has 1 saturated heterocycles. The van der Waals surface area contributed by atoms with Gasteiger partial charge in [-0.15, -0.1) is 0 Å². The average Bonchev–Trinajstić information content (AvgIpc) is 2.37. The van der Waals surface area contributed by atoms with E-state index in [2.05, 4.69) is 10.6 Å². The zero-order valence-corrected chi connectivity index (χ0v) is 11.8. The fourth-order valence-corrected chi connectivity index (χ4v) is 2.48. The lowest BCUT2D eigenvalue weighted by Gasteiger charge is -2.37. The molecule has 0 aromatic rings. The highest BCUT2D eigenvalue weighted by Crippen LogP contribution is 2.23. The monoisotopic (exact) mass is 271 g/mol. The minimum atomic E-state index is -0.907. The van der Waals surface area contributed by atoms with E-state index in [1.54, 1.807) is 0 Å². The molecular formula is C13H25N3O3. The van der Waals surface area contributed by atoms with Crippen LogP contribution in [0.4, 0.5) is 4.79 Å². The molecule has 0 aliphatic carbocycles. The van der Waals surface area contributed by atoms with Gasteiger partial charge in [0.05, 0.1) is 0 Å². The molecule has 1 aliphatic rings. The smallest absolute Gasteiger partial charge is 0.326 e. The highest BCUT2D eigenvalue weighted by Gasteiger charge is 2.36. The number of carbonyl (C=O) groups is 2. The van der Waals surface area contributed by atoms with Crippen LogP contribution in [-0.2, 0) is 4.79 Å². The maximum atomic E-state index is 12.0. The number of hydrogen-bond donors (Lipinski definition) is 3. The Kier molecular flexibility index (Phi) is 6.62. The van der Waals surface area contributed by atoms with E-state index in [0.29, 0.717) is 13.1 Å². The van der Waals surface area contributed by atoms with Crippen molar-refractivity contribution in [1.82, 2.24) is 15.5 Å². The van der Waals surface area contributed by atoms with Gasteiger partial charge in [0.15, 0.2) is 0 Å². The van der Waals surface area contributed by atoms with Crippen molar-refractivity contribution in [2.75, 3.05) is 26.2 Å². The summed E-state index contributed by atoms with van der Waals surface area (Å²) in [5, 5.41) is 15.2. The molecule has 0 radical (unpaired) electrons. The standard InChI is InChI=1S/C13H25N3O3/c1-3-14-7-5-8-15-13(19)16-9-4-6-10(2)11(16)12(17)18/h10-11,14H,3-9H2,1-2H3,(H,15,19)(H,17,18). The largest absolute Gasteiger partial charge is 0.480 e. The zero-order chi connectivity index (χ0) is 14.3. The van der Waals surface area contributed by atoms with Crippen LogP contribution in [0.5, 0.6) is 0 Å². The van der Waals surface area contributed by atoms with Crippen molar-refractivity contribution in [1.29, 1.82) is 0 Å². The van der Waals surface area contributed by atoms with Gasteiger partial charge in [-0.2, -0.15) is 0 Å². The molecule has 0 aromatic carbocycles. The molecule has 0 saturated carbocycles. The Morgan fingerprint density at radius 1 is 1.37 bits per heavy atom. The van der Waals surface area contributed by atoms with Gasteiger partial charge in [0.2, 0.25) is 0 Å². The highest BCUT2D eigenvalue weighted by atomic mass is 16.4. The van der Waals surface area contributed by atoms with E-state index >= 15 is 0 Å². The van der Waals surface area contributed by atoms with Crippen LogP contribution in [0, 0.1) is 5.92 Å². The van der Waals surface area contributed by atoms with E-state index in [-0.39, 0.29) is 11.9 Å². The van der Waals surface area contributed by atoms with Gasteiger partial charge in [0.1, 0.15) is 6.04 Å². The van der Waals surface area contributed by atoms with Crippen LogP contribution in [0.25, 0.3) is 0 Å². The molecule has 2 unspecified atom stereocenters. The van der Waals surface area contributed by atoms with Crippen molar-refractivity contribution in [2.45, 2.75) is 39.2 Å². The lowest BCUT2D eigenvalue weighted by molar-refractivity contribution is -0.145. The SMILES string of the molecule is CCNCCCNC(=O)N1CCCC(C)C1C(=O)O. The van der Waals surface area contributed by atoms with Gasteiger partial charge in [0.25, 0.3) is 0 Å². The topological polar surface area (TPSA) is 81.7 Å². The maximum Gasteiger partial charge on any atom is 0.326 e. The van der Waals surface area contributed by atoms with Gasteiger partial charge in [0, 0.05) is 13.1 Å². The van der Waals surface area contributed by atoms with Gasteiger partial charge < -0.3 is 20.6 Å². The summed E-state index contributed by atoms with van der Waals surface area (Å²) in [4.78, 5) is 24.7. The molecule has 3 N–H and O–H groups in total. The van der Waals surface area contributed by atoms with Gasteiger partial charge in [-0.3, -0.25) is 0 Å². The van der Waals surface area contributed by atoms with E-state index < -0.39 is 12.0 Å². The van der Waals surface area contributed by atoms with Crippen molar-refractivity contribution in [3.63, 3.8) is 0 Å². The van der Waals surface area contributed by atoms with E-state index in [0.717, 1.165) is 32.4 Å². The van der Waals surface area contributed by atoms with Crippen LogP contribution < -0.4 is 10.6 Å². The number of hydrogen-bond acceptors (Lipinski definition) is 3. The number of rotatable bonds is 6. The van der Waals surface area contributed by atoms with Gasteiger partial charge >= 0.3 is 12.0 Å². The second-order valence-corrected chi connectivity index (χ2v) is 5.04. The van der Waals surface area contributed by atoms with Crippen molar-refractivity contribution in [3.8, 4) is 0 Å². The summed E-state index contributed by atoms with van der Waals surface area (Å²) in [6.45, 7) is 6.80. The first-order valence-electron chi connectivity index (χ1n) is 7.06. The van der Waals surface area contributed by atoms with Crippen molar-refractivity contribution < 1.29 is 14.7 Å². The Labute approximate surface area is 114 Å². The van der Waals surface area contributed by atoms with Crippen LogP contribution in [0.2, 0.25) is 0 Å². The number of nitrogens with one attached hydrogen (secondary N) is 2.